The van der Waals surface area contributed by atoms with Crippen molar-refractivity contribution in [3.05, 3.63) is 33.8 Å². The SMILES string of the molecule is CNC(C(C)=O)c1ccc(Cl)cc1Cl. The van der Waals surface area contributed by atoms with E-state index >= 15 is 0 Å². The molecule has 0 spiro atoms. The summed E-state index contributed by atoms with van der Waals surface area (Å²) in [6, 6.07) is 4.74. The topological polar surface area (TPSA) is 29.1 Å². The third-order valence-corrected chi connectivity index (χ3v) is 2.53. The number of hydrogen-bond donors (Lipinski definition) is 1. The van der Waals surface area contributed by atoms with Crippen LogP contribution in [0.1, 0.15) is 18.5 Å². The molecule has 0 bridgehead atoms. The molecule has 1 atom stereocenters. The van der Waals surface area contributed by atoms with Crippen LogP contribution >= 0.6 is 23.2 Å². The van der Waals surface area contributed by atoms with E-state index in [-0.39, 0.29) is 11.8 Å². The molecule has 14 heavy (non-hydrogen) atoms. The van der Waals surface area contributed by atoms with Gasteiger partial charge in [0, 0.05) is 10.0 Å². The van der Waals surface area contributed by atoms with Crippen LogP contribution in [0.2, 0.25) is 10.0 Å². The highest BCUT2D eigenvalue weighted by atomic mass is 35.5. The fraction of sp³-hybridized carbons (Fsp3) is 0.300. The molecule has 2 nitrogen and oxygen atoms in total. The van der Waals surface area contributed by atoms with Crippen molar-refractivity contribution in [3.63, 3.8) is 0 Å². The largest absolute Gasteiger partial charge is 0.307 e. The average molecular weight is 232 g/mol. The lowest BCUT2D eigenvalue weighted by Crippen LogP contribution is -2.23. The normalized spacial score (nSPS) is 12.6. The van der Waals surface area contributed by atoms with Gasteiger partial charge in [0.1, 0.15) is 0 Å². The summed E-state index contributed by atoms with van der Waals surface area (Å²) in [5, 5.41) is 3.97. The minimum Gasteiger partial charge on any atom is -0.307 e. The number of Topliss-reactive ketones (excluding diaryl/α,β-unsaturated/α-hetero) is 1. The Morgan fingerprint density at radius 2 is 2.07 bits per heavy atom. The van der Waals surface area contributed by atoms with E-state index in [1.54, 1.807) is 25.2 Å². The molecule has 76 valence electrons. The van der Waals surface area contributed by atoms with E-state index < -0.39 is 0 Å². The van der Waals surface area contributed by atoms with Gasteiger partial charge in [0.15, 0.2) is 5.78 Å². The van der Waals surface area contributed by atoms with Gasteiger partial charge in [-0.25, -0.2) is 0 Å². The van der Waals surface area contributed by atoms with Crippen LogP contribution in [-0.4, -0.2) is 12.8 Å². The molecule has 0 aliphatic rings. The third-order valence-electron chi connectivity index (χ3n) is 1.97. The van der Waals surface area contributed by atoms with Crippen molar-refractivity contribution in [2.75, 3.05) is 7.05 Å². The first kappa shape index (κ1) is 11.5. The van der Waals surface area contributed by atoms with Gasteiger partial charge in [0.05, 0.1) is 6.04 Å². The highest BCUT2D eigenvalue weighted by molar-refractivity contribution is 6.35. The standard InChI is InChI=1S/C10H11Cl2NO/c1-6(14)10(13-2)8-4-3-7(11)5-9(8)12/h3-5,10,13H,1-2H3. The molecular weight excluding hydrogens is 221 g/mol. The molecule has 0 heterocycles. The maximum absolute atomic E-state index is 11.3. The Labute approximate surface area is 93.2 Å². The molecule has 1 unspecified atom stereocenters. The second kappa shape index (κ2) is 4.78. The van der Waals surface area contributed by atoms with Crippen molar-refractivity contribution in [2.24, 2.45) is 0 Å². The number of benzene rings is 1. The average Bonchev–Trinajstić information content (AvgIpc) is 2.09. The van der Waals surface area contributed by atoms with Crippen LogP contribution in [0.25, 0.3) is 0 Å². The predicted molar refractivity (Wildman–Crippen MR) is 58.9 cm³/mol. The lowest BCUT2D eigenvalue weighted by molar-refractivity contribution is -0.119. The maximum Gasteiger partial charge on any atom is 0.151 e. The smallest absolute Gasteiger partial charge is 0.151 e. The van der Waals surface area contributed by atoms with Crippen molar-refractivity contribution < 1.29 is 4.79 Å². The van der Waals surface area contributed by atoms with Gasteiger partial charge in [-0.05, 0) is 31.7 Å². The van der Waals surface area contributed by atoms with Crippen molar-refractivity contribution in [3.8, 4) is 0 Å². The molecule has 0 saturated heterocycles. The number of likely N-dealkylation sites (N-methyl/N-ethyl adjacent to an activating group) is 1. The van der Waals surface area contributed by atoms with Gasteiger partial charge in [-0.2, -0.15) is 0 Å². The minimum absolute atomic E-state index is 0.0247. The van der Waals surface area contributed by atoms with E-state index in [4.69, 9.17) is 23.2 Å². The molecule has 1 aromatic carbocycles. The molecule has 0 aliphatic heterocycles. The Morgan fingerprint density at radius 3 is 2.50 bits per heavy atom. The highest BCUT2D eigenvalue weighted by Crippen LogP contribution is 2.26. The van der Waals surface area contributed by atoms with Crippen LogP contribution in [0.3, 0.4) is 0 Å². The zero-order valence-electron chi connectivity index (χ0n) is 7.97. The molecule has 0 saturated carbocycles. The van der Waals surface area contributed by atoms with E-state index in [0.29, 0.717) is 10.0 Å². The van der Waals surface area contributed by atoms with Gasteiger partial charge in [-0.1, -0.05) is 29.3 Å². The Bertz CT molecular complexity index is 352. The Morgan fingerprint density at radius 1 is 1.43 bits per heavy atom. The van der Waals surface area contributed by atoms with E-state index in [1.165, 1.54) is 6.92 Å². The predicted octanol–water partition coefficient (Wildman–Crippen LogP) is 2.84. The van der Waals surface area contributed by atoms with Crippen LogP contribution in [-0.2, 0) is 4.79 Å². The number of hydrogen-bond acceptors (Lipinski definition) is 2. The summed E-state index contributed by atoms with van der Waals surface area (Å²) in [4.78, 5) is 11.3. The molecule has 1 aromatic rings. The van der Waals surface area contributed by atoms with E-state index in [0.717, 1.165) is 5.56 Å². The molecule has 1 N–H and O–H groups in total. The van der Waals surface area contributed by atoms with Gasteiger partial charge >= 0.3 is 0 Å². The number of rotatable bonds is 3. The first-order chi connectivity index (χ1) is 6.56. The lowest BCUT2D eigenvalue weighted by atomic mass is 10.0. The van der Waals surface area contributed by atoms with Crippen molar-refractivity contribution in [1.82, 2.24) is 5.32 Å². The van der Waals surface area contributed by atoms with Gasteiger partial charge in [-0.3, -0.25) is 4.79 Å². The summed E-state index contributed by atoms with van der Waals surface area (Å²) < 4.78 is 0. The zero-order valence-corrected chi connectivity index (χ0v) is 9.49. The second-order valence-corrected chi connectivity index (χ2v) is 3.84. The summed E-state index contributed by atoms with van der Waals surface area (Å²) in [5.74, 6) is 0.0247. The van der Waals surface area contributed by atoms with Crippen LogP contribution in [0, 0.1) is 0 Å². The summed E-state index contributed by atoms with van der Waals surface area (Å²) in [6.45, 7) is 1.52. The molecule has 1 rings (SSSR count). The molecule has 0 amide bonds. The molecule has 0 fully saturated rings. The van der Waals surface area contributed by atoms with Crippen LogP contribution in [0.5, 0.6) is 0 Å². The summed E-state index contributed by atoms with van der Waals surface area (Å²) >= 11 is 11.7. The summed E-state index contributed by atoms with van der Waals surface area (Å²) in [6.07, 6.45) is 0. The summed E-state index contributed by atoms with van der Waals surface area (Å²) in [7, 11) is 1.72. The first-order valence-corrected chi connectivity index (χ1v) is 4.94. The quantitative estimate of drug-likeness (QED) is 0.868. The third kappa shape index (κ3) is 2.47. The number of halogens is 2. The Kier molecular flexibility index (Phi) is 3.93. The van der Waals surface area contributed by atoms with E-state index in [2.05, 4.69) is 5.32 Å². The Balaban J connectivity index is 3.10. The van der Waals surface area contributed by atoms with E-state index in [1.807, 2.05) is 0 Å². The monoisotopic (exact) mass is 231 g/mol. The Hall–Kier alpha value is -0.570. The highest BCUT2D eigenvalue weighted by Gasteiger charge is 2.16. The van der Waals surface area contributed by atoms with Gasteiger partial charge in [0.25, 0.3) is 0 Å². The van der Waals surface area contributed by atoms with Gasteiger partial charge in [-0.15, -0.1) is 0 Å². The van der Waals surface area contributed by atoms with Gasteiger partial charge < -0.3 is 5.32 Å². The maximum atomic E-state index is 11.3. The van der Waals surface area contributed by atoms with Gasteiger partial charge in [0.2, 0.25) is 0 Å². The number of ketones is 1. The minimum atomic E-state index is -0.361. The van der Waals surface area contributed by atoms with Crippen molar-refractivity contribution in [1.29, 1.82) is 0 Å². The fourth-order valence-electron chi connectivity index (χ4n) is 1.31. The van der Waals surface area contributed by atoms with Crippen LogP contribution in [0.15, 0.2) is 18.2 Å². The number of carbonyl (C=O) groups excluding carboxylic acids is 1. The fourth-order valence-corrected chi connectivity index (χ4v) is 1.83. The molecule has 0 radical (unpaired) electrons. The molecule has 0 aromatic heterocycles. The molecular formula is C10H11Cl2NO. The molecule has 4 heteroatoms. The van der Waals surface area contributed by atoms with Crippen molar-refractivity contribution in [2.45, 2.75) is 13.0 Å². The number of nitrogens with one attached hydrogen (secondary N) is 1. The van der Waals surface area contributed by atoms with Crippen LogP contribution < -0.4 is 5.32 Å². The zero-order chi connectivity index (χ0) is 10.7. The summed E-state index contributed by atoms with van der Waals surface area (Å²) in [5.41, 5.74) is 0.756. The second-order valence-electron chi connectivity index (χ2n) is 3.00. The lowest BCUT2D eigenvalue weighted by Gasteiger charge is -2.14. The number of carbonyl (C=O) groups is 1. The van der Waals surface area contributed by atoms with Crippen molar-refractivity contribution >= 4 is 29.0 Å². The first-order valence-electron chi connectivity index (χ1n) is 4.19. The molecule has 0 aliphatic carbocycles. The van der Waals surface area contributed by atoms with E-state index in [9.17, 15) is 4.79 Å². The van der Waals surface area contributed by atoms with Crippen LogP contribution in [0.4, 0.5) is 0 Å².